The van der Waals surface area contributed by atoms with Gasteiger partial charge in [-0.2, -0.15) is 5.10 Å². The van der Waals surface area contributed by atoms with Crippen LogP contribution in [0.5, 0.6) is 0 Å². The minimum absolute atomic E-state index is 0.169. The summed E-state index contributed by atoms with van der Waals surface area (Å²) in [6, 6.07) is 5.16. The molecule has 0 aliphatic carbocycles. The highest BCUT2D eigenvalue weighted by Crippen LogP contribution is 2.22. The number of rotatable bonds is 4. The van der Waals surface area contributed by atoms with Gasteiger partial charge in [-0.15, -0.1) is 0 Å². The predicted molar refractivity (Wildman–Crippen MR) is 85.0 cm³/mol. The molecule has 0 unspecified atom stereocenters. The molecule has 1 aromatic heterocycles. The maximum absolute atomic E-state index is 12.1. The molecule has 0 radical (unpaired) electrons. The number of carbonyl (C=O) groups is 1. The molecule has 0 saturated carbocycles. The summed E-state index contributed by atoms with van der Waals surface area (Å²) in [7, 11) is 0. The van der Waals surface area contributed by atoms with Crippen molar-refractivity contribution in [1.29, 1.82) is 0 Å². The van der Waals surface area contributed by atoms with Crippen LogP contribution < -0.4 is 5.73 Å². The molecule has 112 valence electrons. The second-order valence-electron chi connectivity index (χ2n) is 4.81. The zero-order valence-electron chi connectivity index (χ0n) is 12.3. The summed E-state index contributed by atoms with van der Waals surface area (Å²) in [5, 5.41) is 4.36. The molecule has 0 aliphatic heterocycles. The van der Waals surface area contributed by atoms with E-state index in [-0.39, 0.29) is 6.61 Å². The van der Waals surface area contributed by atoms with Gasteiger partial charge in [-0.25, -0.2) is 4.79 Å². The summed E-state index contributed by atoms with van der Waals surface area (Å²) in [5.74, 6) is -0.393. The average molecular weight is 352 g/mol. The zero-order chi connectivity index (χ0) is 15.6. The van der Waals surface area contributed by atoms with Gasteiger partial charge >= 0.3 is 5.97 Å². The van der Waals surface area contributed by atoms with Crippen molar-refractivity contribution < 1.29 is 9.53 Å². The highest BCUT2D eigenvalue weighted by Gasteiger charge is 2.15. The molecule has 1 aromatic carbocycles. The van der Waals surface area contributed by atoms with Gasteiger partial charge in [0.25, 0.3) is 0 Å². The van der Waals surface area contributed by atoms with Crippen molar-refractivity contribution in [2.45, 2.75) is 33.9 Å². The molecule has 0 atom stereocenters. The van der Waals surface area contributed by atoms with Crippen LogP contribution in [0.1, 0.15) is 34.2 Å². The van der Waals surface area contributed by atoms with E-state index in [1.165, 1.54) is 0 Å². The van der Waals surface area contributed by atoms with Gasteiger partial charge in [-0.1, -0.05) is 6.07 Å². The highest BCUT2D eigenvalue weighted by atomic mass is 79.9. The van der Waals surface area contributed by atoms with Crippen LogP contribution in [0.2, 0.25) is 0 Å². The molecule has 0 fully saturated rings. The van der Waals surface area contributed by atoms with Crippen molar-refractivity contribution in [3.05, 3.63) is 45.2 Å². The van der Waals surface area contributed by atoms with Crippen LogP contribution in [0.4, 0.5) is 5.69 Å². The fourth-order valence-electron chi connectivity index (χ4n) is 1.99. The lowest BCUT2D eigenvalue weighted by atomic mass is 10.1. The number of nitrogens with two attached hydrogens (primary N) is 1. The Bertz CT molecular complexity index is 680. The van der Waals surface area contributed by atoms with Crippen LogP contribution in [-0.2, 0) is 17.9 Å². The summed E-state index contributed by atoms with van der Waals surface area (Å²) >= 11 is 3.47. The van der Waals surface area contributed by atoms with Gasteiger partial charge in [0.1, 0.15) is 6.61 Å². The number of nitrogens with zero attached hydrogens (tertiary/aromatic N) is 2. The minimum Gasteiger partial charge on any atom is -0.456 e. The van der Waals surface area contributed by atoms with Gasteiger partial charge in [-0.05, 0) is 54.4 Å². The van der Waals surface area contributed by atoms with E-state index in [0.29, 0.717) is 11.3 Å². The maximum Gasteiger partial charge on any atom is 0.338 e. The number of hydrogen-bond acceptors (Lipinski definition) is 4. The standard InChI is InChI=1S/C15H18BrN3O2/c1-4-19-13(14(16)10(3)18-19)8-21-15(20)11-6-5-9(2)12(17)7-11/h5-7H,4,8,17H2,1-3H3. The summed E-state index contributed by atoms with van der Waals surface area (Å²) < 4.78 is 8.05. The van der Waals surface area contributed by atoms with E-state index in [2.05, 4.69) is 21.0 Å². The van der Waals surface area contributed by atoms with Gasteiger partial charge in [0.05, 0.1) is 21.4 Å². The smallest absolute Gasteiger partial charge is 0.338 e. The first-order chi connectivity index (χ1) is 9.93. The first-order valence-corrected chi connectivity index (χ1v) is 7.48. The number of hydrogen-bond donors (Lipinski definition) is 1. The summed E-state index contributed by atoms with van der Waals surface area (Å²) in [5.41, 5.74) is 9.51. The average Bonchev–Trinajstić information content (AvgIpc) is 2.74. The van der Waals surface area contributed by atoms with Gasteiger partial charge in [-0.3, -0.25) is 4.68 Å². The summed E-state index contributed by atoms with van der Waals surface area (Å²) in [6.45, 7) is 6.68. The first-order valence-electron chi connectivity index (χ1n) is 6.69. The third-order valence-electron chi connectivity index (χ3n) is 3.31. The van der Waals surface area contributed by atoms with E-state index in [0.717, 1.165) is 28.0 Å². The van der Waals surface area contributed by atoms with Crippen LogP contribution in [0, 0.1) is 13.8 Å². The molecule has 2 aromatic rings. The maximum atomic E-state index is 12.1. The van der Waals surface area contributed by atoms with Crippen LogP contribution in [0.25, 0.3) is 0 Å². The fourth-order valence-corrected chi connectivity index (χ4v) is 2.39. The Labute approximate surface area is 132 Å². The molecule has 2 N–H and O–H groups in total. The number of halogens is 1. The fraction of sp³-hybridized carbons (Fsp3) is 0.333. The second-order valence-corrected chi connectivity index (χ2v) is 5.60. The van der Waals surface area contributed by atoms with Crippen molar-refractivity contribution in [3.8, 4) is 0 Å². The van der Waals surface area contributed by atoms with Crippen LogP contribution in [-0.4, -0.2) is 15.7 Å². The Morgan fingerprint density at radius 3 is 2.76 bits per heavy atom. The van der Waals surface area contributed by atoms with E-state index >= 15 is 0 Å². The van der Waals surface area contributed by atoms with Crippen molar-refractivity contribution >= 4 is 27.6 Å². The monoisotopic (exact) mass is 351 g/mol. The Balaban J connectivity index is 2.12. The highest BCUT2D eigenvalue weighted by molar-refractivity contribution is 9.10. The SMILES string of the molecule is CCn1nc(C)c(Br)c1COC(=O)c1ccc(C)c(N)c1. The number of anilines is 1. The van der Waals surface area contributed by atoms with Gasteiger partial charge in [0.2, 0.25) is 0 Å². The number of aromatic nitrogens is 2. The normalized spacial score (nSPS) is 10.7. The molecule has 6 heteroatoms. The van der Waals surface area contributed by atoms with Crippen molar-refractivity contribution in [2.75, 3.05) is 5.73 Å². The molecule has 0 spiro atoms. The third kappa shape index (κ3) is 3.26. The molecule has 0 saturated heterocycles. The second kappa shape index (κ2) is 6.30. The van der Waals surface area contributed by atoms with Crippen molar-refractivity contribution in [2.24, 2.45) is 0 Å². The number of carbonyl (C=O) groups excluding carboxylic acids is 1. The summed E-state index contributed by atoms with van der Waals surface area (Å²) in [4.78, 5) is 12.1. The van der Waals surface area contributed by atoms with Crippen LogP contribution >= 0.6 is 15.9 Å². The van der Waals surface area contributed by atoms with Gasteiger partial charge in [0.15, 0.2) is 0 Å². The Morgan fingerprint density at radius 1 is 1.43 bits per heavy atom. The minimum atomic E-state index is -0.393. The third-order valence-corrected chi connectivity index (χ3v) is 4.34. The molecule has 0 amide bonds. The predicted octanol–water partition coefficient (Wildman–Crippen LogP) is 3.22. The quantitative estimate of drug-likeness (QED) is 0.678. The molecule has 0 bridgehead atoms. The number of benzene rings is 1. The Morgan fingerprint density at radius 2 is 2.14 bits per heavy atom. The number of aryl methyl sites for hydroxylation is 3. The molecular weight excluding hydrogens is 334 g/mol. The first kappa shape index (κ1) is 15.6. The largest absolute Gasteiger partial charge is 0.456 e. The lowest BCUT2D eigenvalue weighted by Crippen LogP contribution is -2.10. The summed E-state index contributed by atoms with van der Waals surface area (Å²) in [6.07, 6.45) is 0. The molecule has 21 heavy (non-hydrogen) atoms. The van der Waals surface area contributed by atoms with E-state index in [1.54, 1.807) is 12.1 Å². The Hall–Kier alpha value is -1.82. The van der Waals surface area contributed by atoms with Gasteiger partial charge < -0.3 is 10.5 Å². The topological polar surface area (TPSA) is 70.1 Å². The van der Waals surface area contributed by atoms with Gasteiger partial charge in [0, 0.05) is 12.2 Å². The zero-order valence-corrected chi connectivity index (χ0v) is 13.9. The van der Waals surface area contributed by atoms with Crippen molar-refractivity contribution in [3.63, 3.8) is 0 Å². The van der Waals surface area contributed by atoms with Crippen molar-refractivity contribution in [1.82, 2.24) is 9.78 Å². The molecule has 2 rings (SSSR count). The van der Waals surface area contributed by atoms with E-state index < -0.39 is 5.97 Å². The lowest BCUT2D eigenvalue weighted by molar-refractivity contribution is 0.0461. The Kier molecular flexibility index (Phi) is 4.67. The lowest BCUT2D eigenvalue weighted by Gasteiger charge is -2.08. The number of ether oxygens (including phenoxy) is 1. The van der Waals surface area contributed by atoms with Crippen LogP contribution in [0.3, 0.4) is 0 Å². The number of esters is 1. The molecule has 5 nitrogen and oxygen atoms in total. The van der Waals surface area contributed by atoms with Crippen LogP contribution in [0.15, 0.2) is 22.7 Å². The molecule has 1 heterocycles. The number of nitrogen functional groups attached to an aromatic ring is 1. The van der Waals surface area contributed by atoms with E-state index in [1.807, 2.05) is 31.5 Å². The van der Waals surface area contributed by atoms with E-state index in [4.69, 9.17) is 10.5 Å². The molecule has 0 aliphatic rings. The van der Waals surface area contributed by atoms with E-state index in [9.17, 15) is 4.79 Å². The molecular formula is C15H18BrN3O2.